The highest BCUT2D eigenvalue weighted by atomic mass is 127. The molecule has 1 aliphatic carbocycles. The molecule has 24 heavy (non-hydrogen) atoms. The van der Waals surface area contributed by atoms with E-state index in [1.54, 1.807) is 0 Å². The van der Waals surface area contributed by atoms with E-state index in [-0.39, 0.29) is 41.8 Å². The van der Waals surface area contributed by atoms with Crippen LogP contribution in [-0.2, 0) is 4.79 Å². The van der Waals surface area contributed by atoms with Gasteiger partial charge in [0.15, 0.2) is 5.96 Å². The predicted octanol–water partition coefficient (Wildman–Crippen LogP) is 2.53. The second-order valence-corrected chi connectivity index (χ2v) is 6.73. The molecule has 2 aliphatic rings. The second kappa shape index (κ2) is 8.69. The van der Waals surface area contributed by atoms with Gasteiger partial charge < -0.3 is 16.0 Å². The van der Waals surface area contributed by atoms with Crippen molar-refractivity contribution in [3.63, 3.8) is 0 Å². The SMILES string of the molecule is CN1C(=O)C[C@@H](CNC(N)=NCC2CCC2)[C@@H]1c1ccccc1.I. The van der Waals surface area contributed by atoms with Crippen LogP contribution in [0.2, 0.25) is 0 Å². The van der Waals surface area contributed by atoms with Crippen LogP contribution < -0.4 is 11.1 Å². The maximum Gasteiger partial charge on any atom is 0.223 e. The molecular formula is C18H27IN4O. The van der Waals surface area contributed by atoms with E-state index in [2.05, 4.69) is 22.4 Å². The number of rotatable bonds is 5. The topological polar surface area (TPSA) is 70.7 Å². The molecule has 1 aromatic rings. The number of guanidine groups is 1. The molecule has 0 unspecified atom stereocenters. The van der Waals surface area contributed by atoms with Crippen LogP contribution in [0.3, 0.4) is 0 Å². The molecule has 1 amide bonds. The standard InChI is InChI=1S/C18H26N4O.HI/c1-22-16(23)10-15(17(22)14-8-3-2-4-9-14)12-21-18(19)20-11-13-6-5-7-13;/h2-4,8-9,13,15,17H,5-7,10-12H2,1H3,(H3,19,20,21);1H/t15-,17-;/m0./s1. The fourth-order valence-electron chi connectivity index (χ4n) is 3.48. The minimum Gasteiger partial charge on any atom is -0.370 e. The summed E-state index contributed by atoms with van der Waals surface area (Å²) < 4.78 is 0. The number of hydrogen-bond acceptors (Lipinski definition) is 2. The van der Waals surface area contributed by atoms with Gasteiger partial charge in [0, 0.05) is 32.5 Å². The average molecular weight is 442 g/mol. The van der Waals surface area contributed by atoms with E-state index in [1.165, 1.54) is 24.8 Å². The molecule has 3 N–H and O–H groups in total. The van der Waals surface area contributed by atoms with Crippen LogP contribution >= 0.6 is 24.0 Å². The van der Waals surface area contributed by atoms with Crippen LogP contribution in [0.1, 0.15) is 37.3 Å². The van der Waals surface area contributed by atoms with Gasteiger partial charge in [-0.15, -0.1) is 24.0 Å². The van der Waals surface area contributed by atoms with E-state index in [0.717, 1.165) is 6.54 Å². The molecule has 0 bridgehead atoms. The number of carbonyl (C=O) groups excluding carboxylic acids is 1. The van der Waals surface area contributed by atoms with Crippen molar-refractivity contribution in [2.24, 2.45) is 22.6 Å². The molecule has 1 aromatic carbocycles. The quantitative estimate of drug-likeness (QED) is 0.418. The second-order valence-electron chi connectivity index (χ2n) is 6.73. The van der Waals surface area contributed by atoms with E-state index in [9.17, 15) is 4.79 Å². The van der Waals surface area contributed by atoms with Crippen molar-refractivity contribution in [1.29, 1.82) is 0 Å². The lowest BCUT2D eigenvalue weighted by molar-refractivity contribution is -0.127. The largest absolute Gasteiger partial charge is 0.370 e. The Morgan fingerprint density at radius 1 is 1.33 bits per heavy atom. The Kier molecular flexibility index (Phi) is 6.89. The lowest BCUT2D eigenvalue weighted by Crippen LogP contribution is -2.37. The molecule has 1 saturated heterocycles. The Morgan fingerprint density at radius 2 is 2.04 bits per heavy atom. The normalized spacial score (nSPS) is 24.5. The van der Waals surface area contributed by atoms with Gasteiger partial charge in [-0.25, -0.2) is 0 Å². The first kappa shape index (κ1) is 19.0. The van der Waals surface area contributed by atoms with Gasteiger partial charge in [0.25, 0.3) is 0 Å². The number of hydrogen-bond donors (Lipinski definition) is 2. The minimum absolute atomic E-state index is 0. The number of nitrogens with zero attached hydrogens (tertiary/aromatic N) is 2. The fourth-order valence-corrected chi connectivity index (χ4v) is 3.48. The summed E-state index contributed by atoms with van der Waals surface area (Å²) in [7, 11) is 1.88. The first-order chi connectivity index (χ1) is 11.1. The van der Waals surface area contributed by atoms with Gasteiger partial charge >= 0.3 is 0 Å². The van der Waals surface area contributed by atoms with Gasteiger partial charge in [-0.2, -0.15) is 0 Å². The van der Waals surface area contributed by atoms with Crippen molar-refractivity contribution < 1.29 is 4.79 Å². The molecular weight excluding hydrogens is 415 g/mol. The number of amides is 1. The van der Waals surface area contributed by atoms with Gasteiger partial charge in [-0.1, -0.05) is 36.8 Å². The minimum atomic E-state index is 0. The molecule has 0 radical (unpaired) electrons. The van der Waals surface area contributed by atoms with Crippen LogP contribution in [0.5, 0.6) is 0 Å². The maximum atomic E-state index is 12.1. The van der Waals surface area contributed by atoms with Crippen molar-refractivity contribution in [3.8, 4) is 0 Å². The third kappa shape index (κ3) is 4.40. The highest BCUT2D eigenvalue weighted by Crippen LogP contribution is 2.36. The number of likely N-dealkylation sites (tertiary alicyclic amines) is 1. The van der Waals surface area contributed by atoms with Crippen LogP contribution in [-0.4, -0.2) is 36.9 Å². The first-order valence-electron chi connectivity index (χ1n) is 8.49. The molecule has 3 rings (SSSR count). The molecule has 1 aliphatic heterocycles. The van der Waals surface area contributed by atoms with Gasteiger partial charge in [-0.05, 0) is 24.3 Å². The summed E-state index contributed by atoms with van der Waals surface area (Å²) >= 11 is 0. The zero-order chi connectivity index (χ0) is 16.2. The number of benzene rings is 1. The maximum absolute atomic E-state index is 12.1. The van der Waals surface area contributed by atoms with Crippen LogP contribution in [0.25, 0.3) is 0 Å². The van der Waals surface area contributed by atoms with Gasteiger partial charge in [0.1, 0.15) is 0 Å². The van der Waals surface area contributed by atoms with Crippen molar-refractivity contribution in [2.45, 2.75) is 31.7 Å². The summed E-state index contributed by atoms with van der Waals surface area (Å²) in [6, 6.07) is 10.3. The van der Waals surface area contributed by atoms with Crippen molar-refractivity contribution in [2.75, 3.05) is 20.1 Å². The molecule has 0 spiro atoms. The Bertz CT molecular complexity index is 574. The monoisotopic (exact) mass is 442 g/mol. The fraction of sp³-hybridized carbons (Fsp3) is 0.556. The molecule has 2 atom stereocenters. The van der Waals surface area contributed by atoms with Crippen LogP contribution in [0.15, 0.2) is 35.3 Å². The third-order valence-electron chi connectivity index (χ3n) is 5.13. The van der Waals surface area contributed by atoms with Crippen molar-refractivity contribution in [3.05, 3.63) is 35.9 Å². The summed E-state index contributed by atoms with van der Waals surface area (Å²) in [6.45, 7) is 1.50. The van der Waals surface area contributed by atoms with Crippen molar-refractivity contribution in [1.82, 2.24) is 10.2 Å². The van der Waals surface area contributed by atoms with Gasteiger partial charge in [0.2, 0.25) is 5.91 Å². The van der Waals surface area contributed by atoms with E-state index in [1.807, 2.05) is 30.1 Å². The number of nitrogens with two attached hydrogens (primary N) is 1. The molecule has 5 nitrogen and oxygen atoms in total. The average Bonchev–Trinajstić information content (AvgIpc) is 2.79. The molecule has 0 aromatic heterocycles. The summed E-state index contributed by atoms with van der Waals surface area (Å²) in [4.78, 5) is 18.4. The number of nitrogens with one attached hydrogen (secondary N) is 1. The van der Waals surface area contributed by atoms with Crippen LogP contribution in [0.4, 0.5) is 0 Å². The van der Waals surface area contributed by atoms with Crippen molar-refractivity contribution >= 4 is 35.8 Å². The van der Waals surface area contributed by atoms with E-state index in [0.29, 0.717) is 24.8 Å². The number of aliphatic imine (C=N–C) groups is 1. The van der Waals surface area contributed by atoms with E-state index >= 15 is 0 Å². The molecule has 132 valence electrons. The molecule has 2 fully saturated rings. The molecule has 1 heterocycles. The zero-order valence-electron chi connectivity index (χ0n) is 14.1. The molecule has 6 heteroatoms. The Morgan fingerprint density at radius 3 is 2.67 bits per heavy atom. The Labute approximate surface area is 161 Å². The summed E-state index contributed by atoms with van der Waals surface area (Å²) in [5.41, 5.74) is 7.15. The Balaban J connectivity index is 0.00000208. The Hall–Kier alpha value is -1.31. The van der Waals surface area contributed by atoms with E-state index < -0.39 is 0 Å². The lowest BCUT2D eigenvalue weighted by atomic mass is 9.86. The number of carbonyl (C=O) groups is 1. The van der Waals surface area contributed by atoms with Gasteiger partial charge in [0.05, 0.1) is 6.04 Å². The summed E-state index contributed by atoms with van der Waals surface area (Å²) in [5.74, 6) is 1.63. The zero-order valence-corrected chi connectivity index (χ0v) is 16.5. The summed E-state index contributed by atoms with van der Waals surface area (Å²) in [5, 5.41) is 3.22. The highest BCUT2D eigenvalue weighted by molar-refractivity contribution is 14.0. The smallest absolute Gasteiger partial charge is 0.223 e. The highest BCUT2D eigenvalue weighted by Gasteiger charge is 2.38. The van der Waals surface area contributed by atoms with E-state index in [4.69, 9.17) is 5.73 Å². The van der Waals surface area contributed by atoms with Crippen LogP contribution in [0, 0.1) is 11.8 Å². The summed E-state index contributed by atoms with van der Waals surface area (Å²) in [6.07, 6.45) is 4.42. The van der Waals surface area contributed by atoms with Gasteiger partial charge in [-0.3, -0.25) is 9.79 Å². The first-order valence-corrected chi connectivity index (χ1v) is 8.49. The third-order valence-corrected chi connectivity index (χ3v) is 5.13. The lowest BCUT2D eigenvalue weighted by Gasteiger charge is -2.26. The predicted molar refractivity (Wildman–Crippen MR) is 107 cm³/mol. The molecule has 1 saturated carbocycles. The number of halogens is 1.